The number of hydrogen-bond acceptors (Lipinski definition) is 4. The van der Waals surface area contributed by atoms with E-state index >= 15 is 0 Å². The van der Waals surface area contributed by atoms with Crippen LogP contribution < -0.4 is 11.1 Å². The van der Waals surface area contributed by atoms with Crippen molar-refractivity contribution in [3.8, 4) is 0 Å². The van der Waals surface area contributed by atoms with E-state index in [1.165, 1.54) is 6.07 Å². The van der Waals surface area contributed by atoms with E-state index in [0.717, 1.165) is 12.8 Å². The lowest BCUT2D eigenvalue weighted by molar-refractivity contribution is 0.114. The topological polar surface area (TPSA) is 71.2 Å². The molecule has 1 aromatic carbocycles. The highest BCUT2D eigenvalue weighted by Crippen LogP contribution is 2.29. The molecule has 1 aromatic heterocycles. The molecule has 4 N–H and O–H groups in total. The SMILES string of the molecule is CCC(CC)C(O)CNc1c(F)cc(N)c2cccnc12. The number of rotatable bonds is 6. The number of nitrogens with zero attached hydrogens (tertiary/aromatic N) is 1. The molecule has 5 heteroatoms. The lowest BCUT2D eigenvalue weighted by Gasteiger charge is -2.21. The number of anilines is 2. The lowest BCUT2D eigenvalue weighted by Crippen LogP contribution is -2.28. The van der Waals surface area contributed by atoms with Crippen LogP contribution in [-0.4, -0.2) is 22.7 Å². The smallest absolute Gasteiger partial charge is 0.150 e. The second-order valence-corrected chi connectivity index (χ2v) is 5.25. The highest BCUT2D eigenvalue weighted by molar-refractivity contribution is 5.98. The maximum atomic E-state index is 14.1. The first kappa shape index (κ1) is 15.5. The van der Waals surface area contributed by atoms with E-state index in [0.29, 0.717) is 28.8 Å². The van der Waals surface area contributed by atoms with Gasteiger partial charge in [-0.15, -0.1) is 0 Å². The van der Waals surface area contributed by atoms with E-state index in [-0.39, 0.29) is 5.92 Å². The molecule has 0 aliphatic rings. The van der Waals surface area contributed by atoms with Gasteiger partial charge >= 0.3 is 0 Å². The van der Waals surface area contributed by atoms with Crippen LogP contribution in [0.5, 0.6) is 0 Å². The number of benzene rings is 1. The Morgan fingerprint density at radius 2 is 2.10 bits per heavy atom. The summed E-state index contributed by atoms with van der Waals surface area (Å²) >= 11 is 0. The summed E-state index contributed by atoms with van der Waals surface area (Å²) in [5.41, 5.74) is 6.97. The summed E-state index contributed by atoms with van der Waals surface area (Å²) in [5.74, 6) is -0.246. The fraction of sp³-hybridized carbons (Fsp3) is 0.438. The van der Waals surface area contributed by atoms with Crippen LogP contribution in [0.3, 0.4) is 0 Å². The van der Waals surface area contributed by atoms with E-state index in [4.69, 9.17) is 5.73 Å². The second kappa shape index (κ2) is 6.72. The maximum Gasteiger partial charge on any atom is 0.150 e. The molecular formula is C16H22FN3O. The zero-order valence-corrected chi connectivity index (χ0v) is 12.4. The van der Waals surface area contributed by atoms with Gasteiger partial charge in [0, 0.05) is 23.8 Å². The predicted molar refractivity (Wildman–Crippen MR) is 84.7 cm³/mol. The van der Waals surface area contributed by atoms with E-state index in [1.807, 2.05) is 13.8 Å². The van der Waals surface area contributed by atoms with Gasteiger partial charge in [0.05, 0.1) is 17.3 Å². The van der Waals surface area contributed by atoms with Gasteiger partial charge in [-0.3, -0.25) is 4.98 Å². The van der Waals surface area contributed by atoms with Gasteiger partial charge in [0.2, 0.25) is 0 Å². The molecule has 0 amide bonds. The van der Waals surface area contributed by atoms with E-state index in [9.17, 15) is 9.50 Å². The van der Waals surface area contributed by atoms with Crippen LogP contribution in [0, 0.1) is 11.7 Å². The summed E-state index contributed by atoms with van der Waals surface area (Å²) in [5, 5.41) is 13.9. The number of pyridine rings is 1. The first-order valence-electron chi connectivity index (χ1n) is 7.33. The molecule has 21 heavy (non-hydrogen) atoms. The monoisotopic (exact) mass is 291 g/mol. The molecule has 0 radical (unpaired) electrons. The number of aliphatic hydroxyl groups is 1. The Bertz CT molecular complexity index is 614. The van der Waals surface area contributed by atoms with Crippen molar-refractivity contribution in [1.82, 2.24) is 4.98 Å². The molecule has 4 nitrogen and oxygen atoms in total. The summed E-state index contributed by atoms with van der Waals surface area (Å²) < 4.78 is 14.1. The van der Waals surface area contributed by atoms with Crippen molar-refractivity contribution >= 4 is 22.3 Å². The number of nitrogens with two attached hydrogens (primary N) is 1. The highest BCUT2D eigenvalue weighted by Gasteiger charge is 2.17. The summed E-state index contributed by atoms with van der Waals surface area (Å²) in [6, 6.07) is 4.86. The van der Waals surface area contributed by atoms with E-state index < -0.39 is 11.9 Å². The summed E-state index contributed by atoms with van der Waals surface area (Å²) in [4.78, 5) is 4.20. The Labute approximate surface area is 124 Å². The molecule has 0 fully saturated rings. The lowest BCUT2D eigenvalue weighted by atomic mass is 9.96. The molecule has 0 aliphatic carbocycles. The summed E-state index contributed by atoms with van der Waals surface area (Å²) in [6.07, 6.45) is 2.87. The molecule has 1 atom stereocenters. The zero-order chi connectivity index (χ0) is 15.4. The molecule has 2 aromatic rings. The van der Waals surface area contributed by atoms with Crippen molar-refractivity contribution in [2.45, 2.75) is 32.8 Å². The minimum Gasteiger partial charge on any atom is -0.398 e. The van der Waals surface area contributed by atoms with Gasteiger partial charge in [-0.1, -0.05) is 26.7 Å². The number of aliphatic hydroxyl groups excluding tert-OH is 1. The van der Waals surface area contributed by atoms with Crippen molar-refractivity contribution in [2.75, 3.05) is 17.6 Å². The number of nitrogen functional groups attached to an aromatic ring is 1. The number of fused-ring (bicyclic) bond motifs is 1. The van der Waals surface area contributed by atoms with Crippen molar-refractivity contribution in [2.24, 2.45) is 5.92 Å². The van der Waals surface area contributed by atoms with Crippen molar-refractivity contribution in [3.05, 3.63) is 30.2 Å². The van der Waals surface area contributed by atoms with Crippen LogP contribution >= 0.6 is 0 Å². The average molecular weight is 291 g/mol. The van der Waals surface area contributed by atoms with Crippen molar-refractivity contribution in [1.29, 1.82) is 0 Å². The standard InChI is InChI=1S/C16H22FN3O/c1-3-10(4-2)14(21)9-20-16-12(17)8-13(18)11-6-5-7-19-15(11)16/h5-8,10,14,20-21H,3-4,9,18H2,1-2H3. The molecule has 114 valence electrons. The Morgan fingerprint density at radius 3 is 2.76 bits per heavy atom. The van der Waals surface area contributed by atoms with E-state index in [1.54, 1.807) is 18.3 Å². The normalized spacial score (nSPS) is 12.8. The first-order chi connectivity index (χ1) is 10.1. The number of halogens is 1. The van der Waals surface area contributed by atoms with E-state index in [2.05, 4.69) is 10.3 Å². The van der Waals surface area contributed by atoms with Crippen molar-refractivity contribution < 1.29 is 9.50 Å². The molecule has 0 bridgehead atoms. The zero-order valence-electron chi connectivity index (χ0n) is 12.4. The van der Waals surface area contributed by atoms with Gasteiger partial charge in [-0.05, 0) is 24.1 Å². The third kappa shape index (κ3) is 3.24. The molecule has 1 heterocycles. The molecule has 0 spiro atoms. The quantitative estimate of drug-likeness (QED) is 0.715. The van der Waals surface area contributed by atoms with Gasteiger partial charge in [0.1, 0.15) is 0 Å². The first-order valence-corrected chi connectivity index (χ1v) is 7.33. The molecular weight excluding hydrogens is 269 g/mol. The molecule has 2 rings (SSSR count). The van der Waals surface area contributed by atoms with Crippen LogP contribution in [0.15, 0.2) is 24.4 Å². The van der Waals surface area contributed by atoms with Gasteiger partial charge < -0.3 is 16.2 Å². The Kier molecular flexibility index (Phi) is 4.96. The Morgan fingerprint density at radius 1 is 1.38 bits per heavy atom. The van der Waals surface area contributed by atoms with Crippen LogP contribution in [0.25, 0.3) is 10.9 Å². The molecule has 0 saturated heterocycles. The average Bonchev–Trinajstić information content (AvgIpc) is 2.48. The van der Waals surface area contributed by atoms with Crippen LogP contribution in [0.1, 0.15) is 26.7 Å². The van der Waals surface area contributed by atoms with Gasteiger partial charge in [-0.2, -0.15) is 0 Å². The minimum atomic E-state index is -0.518. The summed E-state index contributed by atoms with van der Waals surface area (Å²) in [6.45, 7) is 4.37. The summed E-state index contributed by atoms with van der Waals surface area (Å²) in [7, 11) is 0. The van der Waals surface area contributed by atoms with Gasteiger partial charge in [-0.25, -0.2) is 4.39 Å². The molecule has 0 aliphatic heterocycles. The van der Waals surface area contributed by atoms with Crippen molar-refractivity contribution in [3.63, 3.8) is 0 Å². The third-order valence-corrected chi connectivity index (χ3v) is 3.96. The van der Waals surface area contributed by atoms with Crippen LogP contribution in [-0.2, 0) is 0 Å². The fourth-order valence-electron chi connectivity index (χ4n) is 2.61. The number of nitrogens with one attached hydrogen (secondary N) is 1. The number of hydrogen-bond donors (Lipinski definition) is 3. The minimum absolute atomic E-state index is 0.202. The Balaban J connectivity index is 2.26. The molecule has 0 saturated carbocycles. The van der Waals surface area contributed by atoms with Crippen LogP contribution in [0.4, 0.5) is 15.8 Å². The second-order valence-electron chi connectivity index (χ2n) is 5.25. The predicted octanol–water partition coefficient (Wildman–Crippen LogP) is 3.17. The Hall–Kier alpha value is -1.88. The van der Waals surface area contributed by atoms with Gasteiger partial charge in [0.15, 0.2) is 5.82 Å². The third-order valence-electron chi connectivity index (χ3n) is 3.96. The fourth-order valence-corrected chi connectivity index (χ4v) is 2.61. The largest absolute Gasteiger partial charge is 0.398 e. The van der Waals surface area contributed by atoms with Crippen LogP contribution in [0.2, 0.25) is 0 Å². The molecule has 1 unspecified atom stereocenters. The highest BCUT2D eigenvalue weighted by atomic mass is 19.1. The number of aromatic nitrogens is 1. The van der Waals surface area contributed by atoms with Gasteiger partial charge in [0.25, 0.3) is 0 Å². The maximum absolute atomic E-state index is 14.1.